The largest absolute Gasteiger partial charge is 0.497 e. The standard InChI is InChI=1S/C34H28BrN3O6S2/c1-42-25-14-7-21(8-15-25)18-43-34(41)31-23(11-16-26-17-28(37-44-26)22-9-12-24(35)13-10-22)19-46-33-30(32(40)38(31)33)36-29(39)20-45-27-5-3-2-4-6-27/h2-17,30,33H,18-20H2,1H3,(H,36,39)/b16-11+/t30-,33?/m1/s1. The normalized spacial score (nSPS) is 17.4. The number of esters is 1. The summed E-state index contributed by atoms with van der Waals surface area (Å²) in [5, 5.41) is 6.58. The Balaban J connectivity index is 1.19. The van der Waals surface area contributed by atoms with Crippen molar-refractivity contribution in [1.29, 1.82) is 0 Å². The average molecular weight is 719 g/mol. The number of halogens is 1. The lowest BCUT2D eigenvalue weighted by Crippen LogP contribution is -2.70. The Morgan fingerprint density at radius 1 is 1.09 bits per heavy atom. The molecule has 2 aliphatic rings. The Morgan fingerprint density at radius 3 is 2.59 bits per heavy atom. The van der Waals surface area contributed by atoms with Gasteiger partial charge in [0.2, 0.25) is 5.91 Å². The number of methoxy groups -OCH3 is 1. The summed E-state index contributed by atoms with van der Waals surface area (Å²) in [5.74, 6) is 0.509. The number of ether oxygens (including phenoxy) is 2. The van der Waals surface area contributed by atoms with Gasteiger partial charge in [-0.25, -0.2) is 4.79 Å². The Hall–Kier alpha value is -4.26. The van der Waals surface area contributed by atoms with Crippen molar-refractivity contribution in [3.63, 3.8) is 0 Å². The molecule has 6 rings (SSSR count). The van der Waals surface area contributed by atoms with Crippen LogP contribution >= 0.6 is 39.5 Å². The van der Waals surface area contributed by atoms with Crippen LogP contribution in [-0.2, 0) is 25.7 Å². The predicted molar refractivity (Wildman–Crippen MR) is 181 cm³/mol. The summed E-state index contributed by atoms with van der Waals surface area (Å²) in [6, 6.07) is 25.5. The number of carbonyl (C=O) groups excluding carboxylic acids is 3. The smallest absolute Gasteiger partial charge is 0.355 e. The molecule has 0 radical (unpaired) electrons. The maximum absolute atomic E-state index is 13.6. The van der Waals surface area contributed by atoms with Gasteiger partial charge in [0.1, 0.15) is 35.2 Å². The van der Waals surface area contributed by atoms with Crippen LogP contribution in [-0.4, -0.2) is 57.9 Å². The molecule has 1 N–H and O–H groups in total. The number of hydrogen-bond donors (Lipinski definition) is 1. The predicted octanol–water partition coefficient (Wildman–Crippen LogP) is 6.32. The number of amides is 2. The third-order valence-electron chi connectivity index (χ3n) is 7.27. The van der Waals surface area contributed by atoms with Crippen molar-refractivity contribution < 1.29 is 28.4 Å². The van der Waals surface area contributed by atoms with E-state index >= 15 is 0 Å². The SMILES string of the molecule is COc1ccc(COC(=O)C2=C(/C=C/c3cc(-c4ccc(Br)cc4)no3)CSC3[C@H](NC(=O)CSc4ccccc4)C(=O)N23)cc1. The van der Waals surface area contributed by atoms with E-state index in [1.165, 1.54) is 28.4 Å². The van der Waals surface area contributed by atoms with Crippen molar-refractivity contribution in [2.75, 3.05) is 18.6 Å². The molecular formula is C34H28BrN3O6S2. The van der Waals surface area contributed by atoms with E-state index in [1.807, 2.05) is 66.7 Å². The molecule has 234 valence electrons. The van der Waals surface area contributed by atoms with Crippen LogP contribution in [0.1, 0.15) is 11.3 Å². The number of benzene rings is 3. The fraction of sp³-hybridized carbons (Fsp3) is 0.176. The topological polar surface area (TPSA) is 111 Å². The number of allylic oxidation sites excluding steroid dienone is 1. The number of β-lactam (4-membered cyclic amide) rings is 1. The third-order valence-corrected chi connectivity index (χ3v) is 10.1. The van der Waals surface area contributed by atoms with Crippen molar-refractivity contribution in [2.24, 2.45) is 0 Å². The van der Waals surface area contributed by atoms with Gasteiger partial charge in [-0.1, -0.05) is 69.6 Å². The lowest BCUT2D eigenvalue weighted by atomic mass is 10.0. The fourth-order valence-electron chi connectivity index (χ4n) is 4.89. The molecule has 0 bridgehead atoms. The Bertz CT molecular complexity index is 1790. The molecule has 0 spiro atoms. The van der Waals surface area contributed by atoms with Crippen molar-refractivity contribution in [3.8, 4) is 17.0 Å². The summed E-state index contributed by atoms with van der Waals surface area (Å²) < 4.78 is 17.4. The first-order valence-electron chi connectivity index (χ1n) is 14.3. The number of aromatic nitrogens is 1. The number of nitrogens with zero attached hydrogens (tertiary/aromatic N) is 2. The van der Waals surface area contributed by atoms with E-state index in [-0.39, 0.29) is 29.9 Å². The molecule has 3 heterocycles. The van der Waals surface area contributed by atoms with E-state index in [4.69, 9.17) is 14.0 Å². The molecule has 0 saturated carbocycles. The Morgan fingerprint density at radius 2 is 1.85 bits per heavy atom. The minimum Gasteiger partial charge on any atom is -0.497 e. The van der Waals surface area contributed by atoms with Gasteiger partial charge in [0.25, 0.3) is 5.91 Å². The molecule has 1 fully saturated rings. The van der Waals surface area contributed by atoms with Crippen LogP contribution in [0.15, 0.2) is 116 Å². The highest BCUT2D eigenvalue weighted by atomic mass is 79.9. The van der Waals surface area contributed by atoms with Gasteiger partial charge in [0.05, 0.1) is 12.9 Å². The first-order chi connectivity index (χ1) is 22.4. The molecule has 1 saturated heterocycles. The molecule has 2 aliphatic heterocycles. The highest BCUT2D eigenvalue weighted by molar-refractivity contribution is 9.10. The van der Waals surface area contributed by atoms with Crippen LogP contribution in [0.25, 0.3) is 17.3 Å². The van der Waals surface area contributed by atoms with E-state index < -0.39 is 17.4 Å². The molecule has 1 aromatic heterocycles. The minimum absolute atomic E-state index is 0.0126. The van der Waals surface area contributed by atoms with Crippen LogP contribution in [0.2, 0.25) is 0 Å². The summed E-state index contributed by atoms with van der Waals surface area (Å²) in [4.78, 5) is 42.2. The van der Waals surface area contributed by atoms with Gasteiger partial charge in [0, 0.05) is 26.8 Å². The van der Waals surface area contributed by atoms with Gasteiger partial charge in [-0.05, 0) is 53.6 Å². The summed E-state index contributed by atoms with van der Waals surface area (Å²) in [5.41, 5.74) is 3.08. The van der Waals surface area contributed by atoms with E-state index in [2.05, 4.69) is 26.4 Å². The molecule has 0 aliphatic carbocycles. The molecule has 1 unspecified atom stereocenters. The zero-order valence-corrected chi connectivity index (χ0v) is 27.8. The van der Waals surface area contributed by atoms with Crippen molar-refractivity contribution in [1.82, 2.24) is 15.4 Å². The highest BCUT2D eigenvalue weighted by Crippen LogP contribution is 2.41. The lowest BCUT2D eigenvalue weighted by molar-refractivity contribution is -0.153. The molecule has 12 heteroatoms. The van der Waals surface area contributed by atoms with Crippen LogP contribution in [0.5, 0.6) is 5.75 Å². The van der Waals surface area contributed by atoms with Crippen LogP contribution in [0.3, 0.4) is 0 Å². The minimum atomic E-state index is -0.744. The van der Waals surface area contributed by atoms with Gasteiger partial charge in [-0.3, -0.25) is 14.5 Å². The van der Waals surface area contributed by atoms with Gasteiger partial charge in [-0.15, -0.1) is 23.5 Å². The number of fused-ring (bicyclic) bond motifs is 1. The molecular weight excluding hydrogens is 690 g/mol. The summed E-state index contributed by atoms with van der Waals surface area (Å²) >= 11 is 6.30. The summed E-state index contributed by atoms with van der Waals surface area (Å²) in [6.45, 7) is 0.0126. The van der Waals surface area contributed by atoms with Crippen LogP contribution < -0.4 is 10.1 Å². The third kappa shape index (κ3) is 7.24. The number of carbonyl (C=O) groups is 3. The lowest BCUT2D eigenvalue weighted by Gasteiger charge is -2.49. The first kappa shape index (κ1) is 31.7. The van der Waals surface area contributed by atoms with Gasteiger partial charge in [0.15, 0.2) is 5.76 Å². The second-order valence-corrected chi connectivity index (χ2v) is 13.4. The van der Waals surface area contributed by atoms with Crippen LogP contribution in [0.4, 0.5) is 0 Å². The first-order valence-corrected chi connectivity index (χ1v) is 17.1. The molecule has 4 aromatic rings. The maximum atomic E-state index is 13.6. The van der Waals surface area contributed by atoms with E-state index in [1.54, 1.807) is 37.5 Å². The van der Waals surface area contributed by atoms with E-state index in [0.29, 0.717) is 28.5 Å². The van der Waals surface area contributed by atoms with Crippen molar-refractivity contribution in [3.05, 3.63) is 118 Å². The highest BCUT2D eigenvalue weighted by Gasteiger charge is 2.54. The molecule has 46 heavy (non-hydrogen) atoms. The number of nitrogens with one attached hydrogen (secondary N) is 1. The second-order valence-electron chi connectivity index (χ2n) is 10.3. The monoisotopic (exact) mass is 717 g/mol. The number of thioether (sulfide) groups is 2. The fourth-order valence-corrected chi connectivity index (χ4v) is 7.20. The zero-order chi connectivity index (χ0) is 32.0. The molecule has 9 nitrogen and oxygen atoms in total. The number of hydrogen-bond acceptors (Lipinski definition) is 9. The summed E-state index contributed by atoms with van der Waals surface area (Å²) in [6.07, 6.45) is 3.46. The zero-order valence-electron chi connectivity index (χ0n) is 24.6. The van der Waals surface area contributed by atoms with E-state index in [0.717, 1.165) is 20.5 Å². The Labute approximate surface area is 282 Å². The van der Waals surface area contributed by atoms with Gasteiger partial charge < -0.3 is 19.3 Å². The van der Waals surface area contributed by atoms with Crippen molar-refractivity contribution in [2.45, 2.75) is 22.9 Å². The molecule has 2 amide bonds. The van der Waals surface area contributed by atoms with E-state index in [9.17, 15) is 14.4 Å². The summed E-state index contributed by atoms with van der Waals surface area (Å²) in [7, 11) is 1.58. The molecule has 3 aromatic carbocycles. The van der Waals surface area contributed by atoms with Gasteiger partial charge >= 0.3 is 5.97 Å². The Kier molecular flexibility index (Phi) is 9.96. The second kappa shape index (κ2) is 14.4. The molecule has 2 atom stereocenters. The van der Waals surface area contributed by atoms with Crippen molar-refractivity contribution >= 4 is 63.3 Å². The van der Waals surface area contributed by atoms with Gasteiger partial charge in [-0.2, -0.15) is 0 Å². The number of rotatable bonds is 11. The van der Waals surface area contributed by atoms with Crippen LogP contribution in [0, 0.1) is 0 Å². The average Bonchev–Trinajstić information content (AvgIpc) is 3.57. The maximum Gasteiger partial charge on any atom is 0.355 e. The quantitative estimate of drug-likeness (QED) is 0.108.